The fourth-order valence-corrected chi connectivity index (χ4v) is 2.66. The number of rotatable bonds is 4. The lowest BCUT2D eigenvalue weighted by Crippen LogP contribution is -2.43. The van der Waals surface area contributed by atoms with Gasteiger partial charge in [-0.2, -0.15) is 0 Å². The average Bonchev–Trinajstić information content (AvgIpc) is 3.07. The first-order valence-electron chi connectivity index (χ1n) is 6.91. The van der Waals surface area contributed by atoms with Gasteiger partial charge in [0.25, 0.3) is 0 Å². The summed E-state index contributed by atoms with van der Waals surface area (Å²) in [5.74, 6) is 0.242. The van der Waals surface area contributed by atoms with Crippen LogP contribution in [0.3, 0.4) is 0 Å². The Bertz CT molecular complexity index is 414. The molecular formula is C15H20N2O. The zero-order valence-corrected chi connectivity index (χ0v) is 10.6. The number of likely N-dealkylation sites (tertiary alicyclic amines) is 1. The smallest absolute Gasteiger partial charge is 0.237 e. The van der Waals surface area contributed by atoms with E-state index in [0.29, 0.717) is 6.04 Å². The Kier molecular flexibility index (Phi) is 3.33. The minimum Gasteiger partial charge on any atom is -0.352 e. The summed E-state index contributed by atoms with van der Waals surface area (Å²) >= 11 is 0. The maximum absolute atomic E-state index is 12.1. The number of hydrogen-bond donors (Lipinski definition) is 1. The molecule has 0 aromatic heterocycles. The predicted octanol–water partition coefficient (Wildman–Crippen LogP) is 1.93. The molecule has 2 fully saturated rings. The van der Waals surface area contributed by atoms with E-state index in [0.717, 1.165) is 38.8 Å². The van der Waals surface area contributed by atoms with Gasteiger partial charge in [-0.05, 0) is 37.8 Å². The average molecular weight is 244 g/mol. The van der Waals surface area contributed by atoms with Crippen LogP contribution in [0.15, 0.2) is 30.3 Å². The highest BCUT2D eigenvalue weighted by Crippen LogP contribution is 2.23. The molecule has 0 radical (unpaired) electrons. The number of nitrogens with one attached hydrogen (secondary N) is 1. The zero-order valence-electron chi connectivity index (χ0n) is 10.6. The number of amides is 1. The van der Waals surface area contributed by atoms with E-state index in [2.05, 4.69) is 34.5 Å². The van der Waals surface area contributed by atoms with Crippen molar-refractivity contribution in [2.75, 3.05) is 6.54 Å². The third kappa shape index (κ3) is 2.72. The second kappa shape index (κ2) is 5.11. The number of hydrogen-bond acceptors (Lipinski definition) is 2. The molecule has 1 unspecified atom stereocenters. The summed E-state index contributed by atoms with van der Waals surface area (Å²) in [7, 11) is 0. The molecule has 1 atom stereocenters. The van der Waals surface area contributed by atoms with Gasteiger partial charge in [0, 0.05) is 12.6 Å². The molecular weight excluding hydrogens is 224 g/mol. The monoisotopic (exact) mass is 244 g/mol. The largest absolute Gasteiger partial charge is 0.352 e. The summed E-state index contributed by atoms with van der Waals surface area (Å²) < 4.78 is 0. The zero-order chi connectivity index (χ0) is 12.4. The Labute approximate surface area is 108 Å². The van der Waals surface area contributed by atoms with Crippen LogP contribution in [0.1, 0.15) is 31.2 Å². The van der Waals surface area contributed by atoms with E-state index in [1.165, 1.54) is 5.56 Å². The molecule has 96 valence electrons. The fourth-order valence-electron chi connectivity index (χ4n) is 2.66. The van der Waals surface area contributed by atoms with E-state index in [9.17, 15) is 4.79 Å². The van der Waals surface area contributed by atoms with Crippen molar-refractivity contribution in [3.8, 4) is 0 Å². The number of benzene rings is 1. The van der Waals surface area contributed by atoms with Crippen LogP contribution >= 0.6 is 0 Å². The highest BCUT2D eigenvalue weighted by Gasteiger charge is 2.33. The first kappa shape index (κ1) is 11.7. The summed E-state index contributed by atoms with van der Waals surface area (Å²) in [5, 5.41) is 3.13. The van der Waals surface area contributed by atoms with Gasteiger partial charge < -0.3 is 5.32 Å². The molecule has 18 heavy (non-hydrogen) atoms. The molecule has 0 spiro atoms. The van der Waals surface area contributed by atoms with E-state index >= 15 is 0 Å². The van der Waals surface area contributed by atoms with Gasteiger partial charge in [0.1, 0.15) is 0 Å². The quantitative estimate of drug-likeness (QED) is 0.877. The minimum atomic E-state index is 0.0887. The van der Waals surface area contributed by atoms with Crippen molar-refractivity contribution < 1.29 is 4.79 Å². The molecule has 3 heteroatoms. The Morgan fingerprint density at radius 1 is 1.22 bits per heavy atom. The van der Waals surface area contributed by atoms with Crippen LogP contribution in [-0.2, 0) is 11.3 Å². The predicted molar refractivity (Wildman–Crippen MR) is 71.0 cm³/mol. The molecule has 1 aromatic rings. The number of carbonyl (C=O) groups is 1. The van der Waals surface area contributed by atoms with Crippen molar-refractivity contribution in [1.82, 2.24) is 10.2 Å². The summed E-state index contributed by atoms with van der Waals surface area (Å²) in [4.78, 5) is 14.5. The van der Waals surface area contributed by atoms with Crippen LogP contribution in [0.2, 0.25) is 0 Å². The summed E-state index contributed by atoms with van der Waals surface area (Å²) in [6, 6.07) is 11.0. The Morgan fingerprint density at radius 2 is 2.00 bits per heavy atom. The molecule has 3 nitrogen and oxygen atoms in total. The molecule has 0 bridgehead atoms. The van der Waals surface area contributed by atoms with Crippen LogP contribution < -0.4 is 5.32 Å². The standard InChI is InChI=1S/C15H20N2O/c18-15(16-13-8-9-13)14-7-4-10-17(14)11-12-5-2-1-3-6-12/h1-3,5-6,13-14H,4,7-11H2,(H,16,18). The summed E-state index contributed by atoms with van der Waals surface area (Å²) in [6.45, 7) is 1.93. The lowest BCUT2D eigenvalue weighted by Gasteiger charge is -2.23. The van der Waals surface area contributed by atoms with Crippen LogP contribution in [0.5, 0.6) is 0 Å². The number of carbonyl (C=O) groups excluding carboxylic acids is 1. The minimum absolute atomic E-state index is 0.0887. The van der Waals surface area contributed by atoms with Crippen molar-refractivity contribution in [1.29, 1.82) is 0 Å². The van der Waals surface area contributed by atoms with Crippen LogP contribution in [-0.4, -0.2) is 29.4 Å². The highest BCUT2D eigenvalue weighted by molar-refractivity contribution is 5.82. The Hall–Kier alpha value is -1.35. The van der Waals surface area contributed by atoms with E-state index in [4.69, 9.17) is 0 Å². The topological polar surface area (TPSA) is 32.3 Å². The first-order chi connectivity index (χ1) is 8.83. The van der Waals surface area contributed by atoms with Gasteiger partial charge in [0.05, 0.1) is 6.04 Å². The van der Waals surface area contributed by atoms with Crippen molar-refractivity contribution in [2.24, 2.45) is 0 Å². The van der Waals surface area contributed by atoms with E-state index in [1.807, 2.05) is 6.07 Å². The molecule has 1 N–H and O–H groups in total. The molecule has 1 saturated carbocycles. The molecule has 1 aliphatic carbocycles. The maximum Gasteiger partial charge on any atom is 0.237 e. The maximum atomic E-state index is 12.1. The SMILES string of the molecule is O=C(NC1CC1)C1CCCN1Cc1ccccc1. The number of nitrogens with zero attached hydrogens (tertiary/aromatic N) is 1. The van der Waals surface area contributed by atoms with Crippen molar-refractivity contribution in [2.45, 2.75) is 44.3 Å². The van der Waals surface area contributed by atoms with Crippen LogP contribution in [0.25, 0.3) is 0 Å². The first-order valence-corrected chi connectivity index (χ1v) is 6.91. The molecule has 1 amide bonds. The van der Waals surface area contributed by atoms with Crippen LogP contribution in [0, 0.1) is 0 Å². The van der Waals surface area contributed by atoms with Crippen molar-refractivity contribution in [3.05, 3.63) is 35.9 Å². The third-order valence-electron chi connectivity index (χ3n) is 3.82. The normalized spacial score (nSPS) is 24.1. The van der Waals surface area contributed by atoms with E-state index in [1.54, 1.807) is 0 Å². The second-order valence-electron chi connectivity index (χ2n) is 5.40. The van der Waals surface area contributed by atoms with Gasteiger partial charge in [-0.3, -0.25) is 9.69 Å². The van der Waals surface area contributed by atoms with Gasteiger partial charge >= 0.3 is 0 Å². The lowest BCUT2D eigenvalue weighted by molar-refractivity contribution is -0.125. The molecule has 2 aliphatic rings. The van der Waals surface area contributed by atoms with E-state index < -0.39 is 0 Å². The van der Waals surface area contributed by atoms with Crippen molar-refractivity contribution >= 4 is 5.91 Å². The lowest BCUT2D eigenvalue weighted by atomic mass is 10.1. The van der Waals surface area contributed by atoms with Gasteiger partial charge in [-0.15, -0.1) is 0 Å². The van der Waals surface area contributed by atoms with E-state index in [-0.39, 0.29) is 11.9 Å². The molecule has 1 heterocycles. The molecule has 1 aromatic carbocycles. The van der Waals surface area contributed by atoms with Gasteiger partial charge in [-0.25, -0.2) is 0 Å². The third-order valence-corrected chi connectivity index (χ3v) is 3.82. The summed E-state index contributed by atoms with van der Waals surface area (Å²) in [5.41, 5.74) is 1.30. The second-order valence-corrected chi connectivity index (χ2v) is 5.40. The molecule has 1 saturated heterocycles. The van der Waals surface area contributed by atoms with Gasteiger partial charge in [0.15, 0.2) is 0 Å². The fraction of sp³-hybridized carbons (Fsp3) is 0.533. The van der Waals surface area contributed by atoms with Gasteiger partial charge in [0.2, 0.25) is 5.91 Å². The Morgan fingerprint density at radius 3 is 2.72 bits per heavy atom. The highest BCUT2D eigenvalue weighted by atomic mass is 16.2. The molecule has 1 aliphatic heterocycles. The Balaban J connectivity index is 1.61. The van der Waals surface area contributed by atoms with Crippen LogP contribution in [0.4, 0.5) is 0 Å². The molecule has 3 rings (SSSR count). The van der Waals surface area contributed by atoms with Crippen molar-refractivity contribution in [3.63, 3.8) is 0 Å². The van der Waals surface area contributed by atoms with Gasteiger partial charge in [-0.1, -0.05) is 30.3 Å². The summed E-state index contributed by atoms with van der Waals surface area (Å²) in [6.07, 6.45) is 4.47.